The first-order valence-corrected chi connectivity index (χ1v) is 19.8. The highest BCUT2D eigenvalue weighted by atomic mass is 19.4. The van der Waals surface area contributed by atoms with Gasteiger partial charge in [-0.2, -0.15) is 29.0 Å². The van der Waals surface area contributed by atoms with Crippen LogP contribution in [0.5, 0.6) is 0 Å². The number of aromatic nitrogens is 2. The van der Waals surface area contributed by atoms with Crippen molar-refractivity contribution in [2.45, 2.75) is 6.18 Å². The summed E-state index contributed by atoms with van der Waals surface area (Å²) in [4.78, 5) is 7.09. The van der Waals surface area contributed by atoms with Gasteiger partial charge in [0, 0.05) is 32.7 Å². The van der Waals surface area contributed by atoms with Crippen molar-refractivity contribution < 1.29 is 13.2 Å². The SMILES string of the molecule is [C-]#[N+]c1cc(C#N)cc(-c2ccc3c(c2)c2ccccc2n3-c2cc(-c3cccc(C#N)c3)cc(-n3c4ccccc4c4cc(-c5cc(C#N)cc([N+]#[C-])c5)ccc43)c2C(F)(F)F)c1. The molecule has 0 aliphatic heterocycles. The summed E-state index contributed by atoms with van der Waals surface area (Å²) in [6.07, 6.45) is -4.91. The van der Waals surface area contributed by atoms with Crippen LogP contribution in [0.2, 0.25) is 0 Å². The number of alkyl halides is 3. The first-order valence-electron chi connectivity index (χ1n) is 19.8. The van der Waals surface area contributed by atoms with E-state index in [1.165, 1.54) is 24.3 Å². The molecule has 10 heteroatoms. The molecule has 0 unspecified atom stereocenters. The van der Waals surface area contributed by atoms with Gasteiger partial charge in [-0.25, -0.2) is 9.69 Å². The molecule has 298 valence electrons. The number of hydrogen-bond acceptors (Lipinski definition) is 3. The van der Waals surface area contributed by atoms with Gasteiger partial charge in [0.1, 0.15) is 5.56 Å². The average molecular weight is 830 g/mol. The Balaban J connectivity index is 1.31. The summed E-state index contributed by atoms with van der Waals surface area (Å²) in [6.45, 7) is 15.2. The summed E-state index contributed by atoms with van der Waals surface area (Å²) in [5.74, 6) is 0. The number of fused-ring (bicyclic) bond motifs is 6. The van der Waals surface area contributed by atoms with Gasteiger partial charge < -0.3 is 9.13 Å². The zero-order valence-corrected chi connectivity index (χ0v) is 33.3. The van der Waals surface area contributed by atoms with Gasteiger partial charge in [0.15, 0.2) is 11.4 Å². The molecule has 0 aliphatic rings. The molecule has 0 saturated heterocycles. The molecular formula is C54H26F3N7. The second-order valence-electron chi connectivity index (χ2n) is 15.2. The fraction of sp³-hybridized carbons (Fsp3) is 0.0185. The van der Waals surface area contributed by atoms with Gasteiger partial charge in [-0.3, -0.25) is 0 Å². The molecule has 2 heterocycles. The number of nitrogens with zero attached hydrogens (tertiary/aromatic N) is 7. The molecule has 2 aromatic heterocycles. The number of halogens is 3. The maximum Gasteiger partial charge on any atom is 0.420 e. The Kier molecular flexibility index (Phi) is 9.06. The molecule has 0 fully saturated rings. The Bertz CT molecular complexity index is 3570. The van der Waals surface area contributed by atoms with Gasteiger partial charge in [0.25, 0.3) is 0 Å². The number of para-hydroxylation sites is 2. The van der Waals surface area contributed by atoms with Crippen LogP contribution in [0, 0.1) is 47.1 Å². The molecule has 0 aliphatic carbocycles. The quantitative estimate of drug-likeness (QED) is 0.162. The van der Waals surface area contributed by atoms with Crippen LogP contribution in [-0.4, -0.2) is 9.13 Å². The molecule has 0 saturated carbocycles. The van der Waals surface area contributed by atoms with Crippen LogP contribution < -0.4 is 0 Å². The molecule has 64 heavy (non-hydrogen) atoms. The maximum atomic E-state index is 16.4. The lowest BCUT2D eigenvalue weighted by Gasteiger charge is -2.23. The van der Waals surface area contributed by atoms with E-state index in [9.17, 15) is 15.8 Å². The standard InChI is InChI=1S/C54H26F3N7/c1-61-41-21-33(30-59)19-38(23-41)36-14-16-49-45(25-36)43-10-3-5-12-47(43)63(49)51-27-40(35-9-7-8-32(18-35)29-58)28-52(53(51)54(55,56)57)64-48-13-6-4-11-44(48)46-26-37(15-17-50(46)64)39-20-34(31-60)22-42(24-39)62-2/h3-28H. The summed E-state index contributed by atoms with van der Waals surface area (Å²) in [6, 6.07) is 51.4. The normalized spacial score (nSPS) is 11.3. The summed E-state index contributed by atoms with van der Waals surface area (Å²) in [7, 11) is 0. The van der Waals surface area contributed by atoms with E-state index in [-0.39, 0.29) is 11.4 Å². The summed E-state index contributed by atoms with van der Waals surface area (Å²) in [5.41, 5.74) is 6.04. The largest absolute Gasteiger partial charge is 0.420 e. The second kappa shape index (κ2) is 14.9. The van der Waals surface area contributed by atoms with Crippen molar-refractivity contribution in [3.63, 3.8) is 0 Å². The molecule has 10 rings (SSSR count). The minimum Gasteiger partial charge on any atom is -0.309 e. The average Bonchev–Trinajstić information content (AvgIpc) is 3.85. The summed E-state index contributed by atoms with van der Waals surface area (Å²) in [5, 5.41) is 32.0. The number of hydrogen-bond donors (Lipinski definition) is 0. The third-order valence-corrected chi connectivity index (χ3v) is 11.6. The van der Waals surface area contributed by atoms with Crippen molar-refractivity contribution >= 4 is 55.0 Å². The van der Waals surface area contributed by atoms with Crippen molar-refractivity contribution in [2.75, 3.05) is 0 Å². The molecule has 0 spiro atoms. The summed E-state index contributed by atoms with van der Waals surface area (Å²) >= 11 is 0. The fourth-order valence-corrected chi connectivity index (χ4v) is 8.83. The Labute approximate surface area is 363 Å². The molecule has 0 radical (unpaired) electrons. The van der Waals surface area contributed by atoms with Gasteiger partial charge in [0.2, 0.25) is 0 Å². The smallest absolute Gasteiger partial charge is 0.309 e. The van der Waals surface area contributed by atoms with Crippen molar-refractivity contribution in [2.24, 2.45) is 0 Å². The van der Waals surface area contributed by atoms with Gasteiger partial charge in [-0.1, -0.05) is 60.7 Å². The highest BCUT2D eigenvalue weighted by molar-refractivity contribution is 6.12. The van der Waals surface area contributed by atoms with Crippen LogP contribution in [0.4, 0.5) is 24.5 Å². The first kappa shape index (κ1) is 38.8. The van der Waals surface area contributed by atoms with Crippen LogP contribution >= 0.6 is 0 Å². The maximum absolute atomic E-state index is 16.4. The van der Waals surface area contributed by atoms with Crippen LogP contribution in [-0.2, 0) is 6.18 Å². The molecule has 10 aromatic rings. The van der Waals surface area contributed by atoms with Crippen molar-refractivity contribution in [3.8, 4) is 63.0 Å². The second-order valence-corrected chi connectivity index (χ2v) is 15.2. The zero-order valence-electron chi connectivity index (χ0n) is 33.3. The van der Waals surface area contributed by atoms with Crippen molar-refractivity contribution in [1.82, 2.24) is 9.13 Å². The van der Waals surface area contributed by atoms with Gasteiger partial charge in [-0.15, -0.1) is 0 Å². The van der Waals surface area contributed by atoms with Gasteiger partial charge >= 0.3 is 6.18 Å². The number of nitriles is 3. The molecule has 0 atom stereocenters. The van der Waals surface area contributed by atoms with Crippen LogP contribution in [0.25, 0.3) is 98.1 Å². The van der Waals surface area contributed by atoms with E-state index in [1.807, 2.05) is 36.4 Å². The van der Waals surface area contributed by atoms with E-state index in [4.69, 9.17) is 13.1 Å². The van der Waals surface area contributed by atoms with Crippen LogP contribution in [0.15, 0.2) is 158 Å². The molecule has 7 nitrogen and oxygen atoms in total. The Morgan fingerprint density at radius 3 is 1.28 bits per heavy atom. The van der Waals surface area contributed by atoms with Gasteiger partial charge in [0.05, 0.1) is 70.4 Å². The van der Waals surface area contributed by atoms with Crippen LogP contribution in [0.1, 0.15) is 22.3 Å². The lowest BCUT2D eigenvalue weighted by atomic mass is 9.97. The van der Waals surface area contributed by atoms with Crippen molar-refractivity contribution in [1.29, 1.82) is 15.8 Å². The minimum absolute atomic E-state index is 0.134. The highest BCUT2D eigenvalue weighted by Gasteiger charge is 2.39. The zero-order chi connectivity index (χ0) is 44.3. The number of benzene rings is 8. The third kappa shape index (κ3) is 6.34. The Morgan fingerprint density at radius 2 is 0.828 bits per heavy atom. The van der Waals surface area contributed by atoms with E-state index in [0.29, 0.717) is 105 Å². The first-order chi connectivity index (χ1) is 31.1. The topological polar surface area (TPSA) is 90.0 Å². The molecule has 8 aromatic carbocycles. The fourth-order valence-electron chi connectivity index (χ4n) is 8.83. The molecular weight excluding hydrogens is 804 g/mol. The Hall–Kier alpha value is -9.40. The highest BCUT2D eigenvalue weighted by Crippen LogP contribution is 2.47. The van der Waals surface area contributed by atoms with E-state index < -0.39 is 11.7 Å². The molecule has 0 amide bonds. The Morgan fingerprint density at radius 1 is 0.406 bits per heavy atom. The van der Waals surface area contributed by atoms with Crippen LogP contribution in [0.3, 0.4) is 0 Å². The minimum atomic E-state index is -4.91. The van der Waals surface area contributed by atoms with E-state index in [2.05, 4.69) is 27.9 Å². The van der Waals surface area contributed by atoms with E-state index in [0.717, 1.165) is 0 Å². The molecule has 0 bridgehead atoms. The monoisotopic (exact) mass is 829 g/mol. The molecule has 0 N–H and O–H groups in total. The lowest BCUT2D eigenvalue weighted by Crippen LogP contribution is -2.16. The van der Waals surface area contributed by atoms with Crippen molar-refractivity contribution in [3.05, 3.63) is 203 Å². The number of rotatable bonds is 5. The van der Waals surface area contributed by atoms with E-state index >= 15 is 13.2 Å². The van der Waals surface area contributed by atoms with E-state index in [1.54, 1.807) is 106 Å². The van der Waals surface area contributed by atoms with Gasteiger partial charge in [-0.05, 0) is 130 Å². The third-order valence-electron chi connectivity index (χ3n) is 11.6. The lowest BCUT2D eigenvalue weighted by molar-refractivity contribution is -0.137. The predicted octanol–water partition coefficient (Wildman–Crippen LogP) is 14.6. The summed E-state index contributed by atoms with van der Waals surface area (Å²) < 4.78 is 52.6. The predicted molar refractivity (Wildman–Crippen MR) is 243 cm³/mol.